The largest absolute Gasteiger partial charge is 0.367 e. The number of hydrogen-bond donors (Lipinski definition) is 3. The van der Waals surface area contributed by atoms with Gasteiger partial charge in [-0.1, -0.05) is 6.08 Å². The molecule has 178 valence electrons. The van der Waals surface area contributed by atoms with Gasteiger partial charge in [0.05, 0.1) is 11.6 Å². The highest BCUT2D eigenvalue weighted by Crippen LogP contribution is 2.37. The molecule has 2 aromatic heterocycles. The number of nitriles is 1. The molecule has 2 bridgehead atoms. The molecule has 0 spiro atoms. The fourth-order valence-electron chi connectivity index (χ4n) is 5.70. The number of aliphatic imine (C=N–C) groups is 1. The van der Waals surface area contributed by atoms with Crippen molar-refractivity contribution >= 4 is 28.4 Å². The molecule has 4 N–H and O–H groups in total. The van der Waals surface area contributed by atoms with Gasteiger partial charge < -0.3 is 15.6 Å². The molecule has 9 heteroatoms. The number of likely N-dealkylation sites (tertiary alicyclic amines) is 1. The van der Waals surface area contributed by atoms with Crippen molar-refractivity contribution in [1.82, 2.24) is 25.2 Å². The highest BCUT2D eigenvalue weighted by atomic mass is 15.3. The zero-order valence-corrected chi connectivity index (χ0v) is 19.7. The van der Waals surface area contributed by atoms with E-state index in [1.54, 1.807) is 6.20 Å². The lowest BCUT2D eigenvalue weighted by Crippen LogP contribution is -2.47. The number of amidine groups is 1. The molecule has 3 aliphatic rings. The normalized spacial score (nSPS) is 26.0. The fraction of sp³-hybridized carbons (Fsp3) is 0.520. The van der Waals surface area contributed by atoms with Crippen LogP contribution in [-0.4, -0.2) is 70.4 Å². The van der Waals surface area contributed by atoms with E-state index in [1.807, 2.05) is 18.2 Å². The first kappa shape index (κ1) is 22.7. The minimum atomic E-state index is 0.341. The van der Waals surface area contributed by atoms with Crippen LogP contribution >= 0.6 is 0 Å². The molecule has 34 heavy (non-hydrogen) atoms. The van der Waals surface area contributed by atoms with Crippen LogP contribution in [0.15, 0.2) is 41.5 Å². The van der Waals surface area contributed by atoms with Crippen LogP contribution in [-0.2, 0) is 0 Å². The van der Waals surface area contributed by atoms with Gasteiger partial charge in [0, 0.05) is 67.7 Å². The molecule has 5 rings (SSSR count). The van der Waals surface area contributed by atoms with Crippen LogP contribution in [0.25, 0.3) is 10.9 Å². The molecule has 3 fully saturated rings. The second-order valence-corrected chi connectivity index (χ2v) is 9.72. The average molecular weight is 460 g/mol. The van der Waals surface area contributed by atoms with Crippen LogP contribution in [0.2, 0.25) is 0 Å². The summed E-state index contributed by atoms with van der Waals surface area (Å²) in [6, 6.07) is 9.61. The van der Waals surface area contributed by atoms with Crippen molar-refractivity contribution in [3.63, 3.8) is 0 Å². The highest BCUT2D eigenvalue weighted by Gasteiger charge is 2.40. The number of piperidine rings is 1. The molecule has 0 amide bonds. The van der Waals surface area contributed by atoms with Gasteiger partial charge in [-0.3, -0.25) is 9.88 Å². The third-order valence-electron chi connectivity index (χ3n) is 7.29. The van der Waals surface area contributed by atoms with Crippen LogP contribution < -0.4 is 16.6 Å². The minimum Gasteiger partial charge on any atom is -0.367 e. The van der Waals surface area contributed by atoms with Gasteiger partial charge in [0.2, 0.25) is 0 Å². The smallest absolute Gasteiger partial charge is 0.158 e. The van der Waals surface area contributed by atoms with Gasteiger partial charge in [0.1, 0.15) is 11.7 Å². The van der Waals surface area contributed by atoms with Crippen molar-refractivity contribution in [1.29, 1.82) is 5.26 Å². The molecule has 2 aromatic rings. The summed E-state index contributed by atoms with van der Waals surface area (Å²) >= 11 is 0. The maximum absolute atomic E-state index is 9.00. The predicted octanol–water partition coefficient (Wildman–Crippen LogP) is 2.56. The van der Waals surface area contributed by atoms with Gasteiger partial charge in [-0.15, -0.1) is 0 Å². The third kappa shape index (κ3) is 4.89. The first-order valence-electron chi connectivity index (χ1n) is 12.2. The van der Waals surface area contributed by atoms with Gasteiger partial charge in [0.15, 0.2) is 5.82 Å². The Balaban J connectivity index is 1.36. The second kappa shape index (κ2) is 10.1. The van der Waals surface area contributed by atoms with Gasteiger partial charge >= 0.3 is 0 Å². The van der Waals surface area contributed by atoms with E-state index in [-0.39, 0.29) is 0 Å². The first-order chi connectivity index (χ1) is 16.6. The number of aromatic nitrogens is 2. The molecule has 5 heterocycles. The SMILES string of the molecule is CN1CC(/C=C/C(=Nc2cc3ncccc3c(NC3C[C@H]4CC[C@@H](C3)N4CCC#N)n2)NN)C1. The van der Waals surface area contributed by atoms with Gasteiger partial charge in [-0.05, 0) is 50.9 Å². The number of nitrogens with zero attached hydrogens (tertiary/aromatic N) is 6. The topological polar surface area (TPSA) is 118 Å². The monoisotopic (exact) mass is 459 g/mol. The molecule has 3 aliphatic heterocycles. The number of hydrogen-bond acceptors (Lipinski definition) is 8. The van der Waals surface area contributed by atoms with E-state index in [4.69, 9.17) is 16.1 Å². The molecular formula is C25H33N9. The number of pyridine rings is 2. The van der Waals surface area contributed by atoms with E-state index in [0.29, 0.717) is 42.1 Å². The van der Waals surface area contributed by atoms with E-state index >= 15 is 0 Å². The maximum Gasteiger partial charge on any atom is 0.158 e. The Morgan fingerprint density at radius 2 is 2.12 bits per heavy atom. The summed E-state index contributed by atoms with van der Waals surface area (Å²) in [5.74, 6) is 8.25. The minimum absolute atomic E-state index is 0.341. The third-order valence-corrected chi connectivity index (χ3v) is 7.29. The summed E-state index contributed by atoms with van der Waals surface area (Å²) in [6.07, 6.45) is 11.0. The molecule has 9 nitrogen and oxygen atoms in total. The van der Waals surface area contributed by atoms with Crippen LogP contribution in [0, 0.1) is 17.2 Å². The zero-order valence-electron chi connectivity index (χ0n) is 19.7. The van der Waals surface area contributed by atoms with E-state index in [0.717, 1.165) is 49.2 Å². The van der Waals surface area contributed by atoms with Gasteiger partial charge in [0.25, 0.3) is 0 Å². The molecule has 0 aliphatic carbocycles. The summed E-state index contributed by atoms with van der Waals surface area (Å²) in [5.41, 5.74) is 3.55. The molecule has 1 unspecified atom stereocenters. The van der Waals surface area contributed by atoms with Crippen LogP contribution in [0.4, 0.5) is 11.6 Å². The number of anilines is 1. The number of nitrogens with two attached hydrogens (primary N) is 1. The van der Waals surface area contributed by atoms with Crippen molar-refractivity contribution in [3.05, 3.63) is 36.5 Å². The van der Waals surface area contributed by atoms with Crippen LogP contribution in [0.5, 0.6) is 0 Å². The van der Waals surface area contributed by atoms with E-state index in [1.165, 1.54) is 12.8 Å². The first-order valence-corrected chi connectivity index (χ1v) is 12.2. The summed E-state index contributed by atoms with van der Waals surface area (Å²) in [7, 11) is 2.11. The van der Waals surface area contributed by atoms with Gasteiger partial charge in [-0.2, -0.15) is 5.26 Å². The van der Waals surface area contributed by atoms with E-state index in [2.05, 4.69) is 55.8 Å². The molecule has 3 saturated heterocycles. The van der Waals surface area contributed by atoms with Crippen LogP contribution in [0.3, 0.4) is 0 Å². The lowest BCUT2D eigenvalue weighted by atomic mass is 9.97. The predicted molar refractivity (Wildman–Crippen MR) is 134 cm³/mol. The number of hydrazine groups is 1. The Morgan fingerprint density at radius 1 is 1.32 bits per heavy atom. The quantitative estimate of drug-likeness (QED) is 0.250. The molecule has 0 aromatic carbocycles. The Hall–Kier alpha value is -3.06. The molecular weight excluding hydrogens is 426 g/mol. The Labute approximate surface area is 200 Å². The standard InChI is InChI=1S/C25H33N9/c1-33-15-17(16-33)5-8-23(32-27)30-24-14-22-21(4-2-10-28-22)25(31-24)29-18-12-19-6-7-20(13-18)34(19)11-3-9-26/h2,4-5,8,10,14,17-20H,3,6-7,11-13,15-16,27H2,1H3,(H2,29,30,31,32)/b8-5+/t18?,19-,20+. The number of rotatable bonds is 7. The summed E-state index contributed by atoms with van der Waals surface area (Å²) in [5, 5.41) is 13.7. The van der Waals surface area contributed by atoms with Crippen LogP contribution in [0.1, 0.15) is 32.1 Å². The van der Waals surface area contributed by atoms with Crippen molar-refractivity contribution in [3.8, 4) is 6.07 Å². The molecule has 0 saturated carbocycles. The van der Waals surface area contributed by atoms with E-state index < -0.39 is 0 Å². The summed E-state index contributed by atoms with van der Waals surface area (Å²) < 4.78 is 0. The zero-order chi connectivity index (χ0) is 23.5. The molecule has 3 atom stereocenters. The fourth-order valence-corrected chi connectivity index (χ4v) is 5.70. The maximum atomic E-state index is 9.00. The Kier molecular flexibility index (Phi) is 6.72. The lowest BCUT2D eigenvalue weighted by Gasteiger charge is -2.39. The Morgan fingerprint density at radius 3 is 2.82 bits per heavy atom. The molecule has 0 radical (unpaired) electrons. The van der Waals surface area contributed by atoms with Crippen molar-refractivity contribution in [2.75, 3.05) is 32.0 Å². The number of fused-ring (bicyclic) bond motifs is 3. The van der Waals surface area contributed by atoms with Crippen molar-refractivity contribution in [2.24, 2.45) is 16.8 Å². The lowest BCUT2D eigenvalue weighted by molar-refractivity contribution is 0.136. The Bertz CT molecular complexity index is 1100. The van der Waals surface area contributed by atoms with E-state index in [9.17, 15) is 0 Å². The average Bonchev–Trinajstić information content (AvgIpc) is 3.06. The summed E-state index contributed by atoms with van der Waals surface area (Å²) in [6.45, 7) is 2.99. The van der Waals surface area contributed by atoms with Crippen molar-refractivity contribution in [2.45, 2.75) is 50.2 Å². The highest BCUT2D eigenvalue weighted by molar-refractivity contribution is 5.96. The van der Waals surface area contributed by atoms with Crippen molar-refractivity contribution < 1.29 is 0 Å². The number of nitrogens with one attached hydrogen (secondary N) is 2. The van der Waals surface area contributed by atoms with Gasteiger partial charge in [-0.25, -0.2) is 15.8 Å². The second-order valence-electron chi connectivity index (χ2n) is 9.72. The summed E-state index contributed by atoms with van der Waals surface area (Å²) in [4.78, 5) is 18.9.